The number of amides is 1. The Kier molecular flexibility index (Phi) is 7.20. The first-order valence-electron chi connectivity index (χ1n) is 10.8. The summed E-state index contributed by atoms with van der Waals surface area (Å²) in [6.07, 6.45) is 1.81. The van der Waals surface area contributed by atoms with E-state index in [0.717, 1.165) is 46.3 Å². The Morgan fingerprint density at radius 2 is 1.75 bits per heavy atom. The molecule has 3 aromatic rings. The van der Waals surface area contributed by atoms with Crippen molar-refractivity contribution in [1.29, 1.82) is 0 Å². The van der Waals surface area contributed by atoms with E-state index in [-0.39, 0.29) is 5.91 Å². The van der Waals surface area contributed by atoms with Crippen molar-refractivity contribution in [3.8, 4) is 11.1 Å². The van der Waals surface area contributed by atoms with E-state index in [9.17, 15) is 4.79 Å². The zero-order valence-electron chi connectivity index (χ0n) is 18.5. The largest absolute Gasteiger partial charge is 0.378 e. The van der Waals surface area contributed by atoms with Crippen molar-refractivity contribution < 1.29 is 9.53 Å². The number of ether oxygens (including phenoxy) is 1. The summed E-state index contributed by atoms with van der Waals surface area (Å²) in [6.45, 7) is 7.05. The zero-order valence-corrected chi connectivity index (χ0v) is 20.8. The Bertz CT molecular complexity index is 1110. The Balaban J connectivity index is 1.77. The van der Waals surface area contributed by atoms with Gasteiger partial charge in [-0.2, -0.15) is 0 Å². The molecule has 5 nitrogen and oxygen atoms in total. The summed E-state index contributed by atoms with van der Waals surface area (Å²) in [4.78, 5) is 20.1. The van der Waals surface area contributed by atoms with Crippen molar-refractivity contribution in [2.24, 2.45) is 0 Å². The minimum atomic E-state index is -0.142. The van der Waals surface area contributed by atoms with Crippen LogP contribution in [0.1, 0.15) is 35.7 Å². The third-order valence-corrected chi connectivity index (χ3v) is 6.55. The van der Waals surface area contributed by atoms with Gasteiger partial charge >= 0.3 is 0 Å². The highest BCUT2D eigenvalue weighted by atomic mass is 31.0. The van der Waals surface area contributed by atoms with Gasteiger partial charge in [0, 0.05) is 30.4 Å². The maximum Gasteiger partial charge on any atom is 0.255 e. The first kappa shape index (κ1) is 22.9. The van der Waals surface area contributed by atoms with Crippen molar-refractivity contribution in [3.05, 3.63) is 65.9 Å². The second kappa shape index (κ2) is 10.1. The number of aromatic nitrogens is 1. The third kappa shape index (κ3) is 5.02. The molecular weight excluding hydrogens is 436 g/mol. The van der Waals surface area contributed by atoms with E-state index in [0.29, 0.717) is 24.7 Å². The maximum absolute atomic E-state index is 13.3. The lowest BCUT2D eigenvalue weighted by atomic mass is 10.0. The minimum Gasteiger partial charge on any atom is -0.378 e. The Morgan fingerprint density at radius 3 is 2.44 bits per heavy atom. The number of rotatable bonds is 5. The fourth-order valence-electron chi connectivity index (χ4n) is 3.83. The number of morpholine rings is 1. The highest BCUT2D eigenvalue weighted by molar-refractivity contribution is 7.28. The van der Waals surface area contributed by atoms with Gasteiger partial charge in [-0.05, 0) is 51.9 Å². The molecule has 0 bridgehead atoms. The molecule has 2 heterocycles. The number of hydrogen-bond acceptors (Lipinski definition) is 4. The number of benzene rings is 2. The molecule has 0 spiro atoms. The van der Waals surface area contributed by atoms with Gasteiger partial charge in [0.25, 0.3) is 5.91 Å². The summed E-state index contributed by atoms with van der Waals surface area (Å²) in [5, 5.41) is 5.33. The van der Waals surface area contributed by atoms with E-state index in [4.69, 9.17) is 4.74 Å². The van der Waals surface area contributed by atoms with E-state index in [1.54, 1.807) is 0 Å². The quantitative estimate of drug-likeness (QED) is 0.580. The topological polar surface area (TPSA) is 54.5 Å². The smallest absolute Gasteiger partial charge is 0.255 e. The predicted molar refractivity (Wildman–Crippen MR) is 140 cm³/mol. The normalized spacial score (nSPS) is 14.0. The number of hydrogen-bond donors (Lipinski definition) is 1. The van der Waals surface area contributed by atoms with Gasteiger partial charge in [-0.3, -0.25) is 4.79 Å². The van der Waals surface area contributed by atoms with Gasteiger partial charge in [0.05, 0.1) is 18.9 Å². The summed E-state index contributed by atoms with van der Waals surface area (Å²) in [5.74, 6) is 1.05. The van der Waals surface area contributed by atoms with Crippen LogP contribution in [0.15, 0.2) is 54.7 Å². The number of nitrogens with zero attached hydrogens (tertiary/aromatic N) is 2. The van der Waals surface area contributed by atoms with Crippen LogP contribution in [0, 0.1) is 0 Å². The number of carbonyl (C=O) groups excluding carboxylic acids is 1. The van der Waals surface area contributed by atoms with Crippen LogP contribution in [0.2, 0.25) is 0 Å². The molecule has 1 saturated heterocycles. The van der Waals surface area contributed by atoms with Gasteiger partial charge in [-0.25, -0.2) is 4.98 Å². The second-order valence-electron chi connectivity index (χ2n) is 8.23. The SMILES string of the molecule is CC(C)c1ccc(C(=O)Nc2c(-c3cc(P)ccc3P)ccnc2N2CCOCC2)cc1. The second-order valence-corrected chi connectivity index (χ2v) is 9.52. The molecule has 2 unspecified atom stereocenters. The summed E-state index contributed by atoms with van der Waals surface area (Å²) < 4.78 is 5.53. The highest BCUT2D eigenvalue weighted by Crippen LogP contribution is 2.35. The van der Waals surface area contributed by atoms with Crippen LogP contribution < -0.4 is 20.8 Å². The first-order valence-corrected chi connectivity index (χ1v) is 12.0. The Labute approximate surface area is 194 Å². The lowest BCUT2D eigenvalue weighted by Gasteiger charge is -2.30. The molecule has 1 fully saturated rings. The summed E-state index contributed by atoms with van der Waals surface area (Å²) in [6, 6.07) is 16.0. The van der Waals surface area contributed by atoms with Crippen LogP contribution in [0.5, 0.6) is 0 Å². The molecule has 0 aliphatic carbocycles. The molecular formula is C25H29N3O2P2. The van der Waals surface area contributed by atoms with Crippen LogP contribution in [0.3, 0.4) is 0 Å². The molecule has 0 saturated carbocycles. The average Bonchev–Trinajstić information content (AvgIpc) is 2.81. The van der Waals surface area contributed by atoms with Crippen molar-refractivity contribution in [1.82, 2.24) is 4.98 Å². The zero-order chi connectivity index (χ0) is 22.7. The molecule has 32 heavy (non-hydrogen) atoms. The lowest BCUT2D eigenvalue weighted by Crippen LogP contribution is -2.37. The van der Waals surface area contributed by atoms with Gasteiger partial charge in [-0.15, -0.1) is 18.5 Å². The first-order chi connectivity index (χ1) is 15.4. The lowest BCUT2D eigenvalue weighted by molar-refractivity contribution is 0.102. The number of anilines is 2. The summed E-state index contributed by atoms with van der Waals surface area (Å²) in [7, 11) is 5.54. The van der Waals surface area contributed by atoms with Gasteiger partial charge in [0.15, 0.2) is 5.82 Å². The van der Waals surface area contributed by atoms with Crippen LogP contribution in [0.4, 0.5) is 11.5 Å². The molecule has 2 aromatic carbocycles. The Morgan fingerprint density at radius 1 is 1.03 bits per heavy atom. The molecule has 7 heteroatoms. The van der Waals surface area contributed by atoms with Crippen molar-refractivity contribution in [3.63, 3.8) is 0 Å². The standard InChI is InChI=1S/C25H29N3O2P2/c1-16(2)17-3-5-18(6-4-17)25(29)27-23-20(21-15-19(31)7-8-22(21)32)9-10-26-24(23)28-11-13-30-14-12-28/h3-10,15-16H,11-14,31-32H2,1-2H3,(H,27,29). The van der Waals surface area contributed by atoms with Crippen LogP contribution in [0.25, 0.3) is 11.1 Å². The van der Waals surface area contributed by atoms with Gasteiger partial charge < -0.3 is 15.0 Å². The molecule has 4 rings (SSSR count). The number of pyridine rings is 1. The monoisotopic (exact) mass is 465 g/mol. The van der Waals surface area contributed by atoms with Gasteiger partial charge in [0.2, 0.25) is 0 Å². The fourth-order valence-corrected chi connectivity index (χ4v) is 4.42. The summed E-state index contributed by atoms with van der Waals surface area (Å²) >= 11 is 0. The van der Waals surface area contributed by atoms with Gasteiger partial charge in [0.1, 0.15) is 0 Å². The minimum absolute atomic E-state index is 0.142. The molecule has 1 amide bonds. The van der Waals surface area contributed by atoms with Crippen molar-refractivity contribution in [2.45, 2.75) is 19.8 Å². The summed E-state index contributed by atoms with van der Waals surface area (Å²) in [5.41, 5.74) is 4.56. The van der Waals surface area contributed by atoms with Crippen LogP contribution >= 0.6 is 18.5 Å². The van der Waals surface area contributed by atoms with Crippen LogP contribution in [-0.2, 0) is 4.74 Å². The fraction of sp³-hybridized carbons (Fsp3) is 0.280. The highest BCUT2D eigenvalue weighted by Gasteiger charge is 2.22. The molecule has 1 N–H and O–H groups in total. The van der Waals surface area contributed by atoms with E-state index in [1.807, 2.05) is 36.5 Å². The van der Waals surface area contributed by atoms with Crippen LogP contribution in [-0.4, -0.2) is 37.2 Å². The average molecular weight is 465 g/mol. The molecule has 2 atom stereocenters. The van der Waals surface area contributed by atoms with Crippen molar-refractivity contribution >= 4 is 46.5 Å². The van der Waals surface area contributed by atoms with Crippen molar-refractivity contribution in [2.75, 3.05) is 36.5 Å². The molecule has 0 radical (unpaired) electrons. The maximum atomic E-state index is 13.3. The molecule has 1 aromatic heterocycles. The molecule has 166 valence electrons. The predicted octanol–water partition coefficient (Wildman–Crippen LogP) is 3.96. The molecule has 1 aliphatic heterocycles. The van der Waals surface area contributed by atoms with Gasteiger partial charge in [-0.1, -0.05) is 38.1 Å². The molecule has 1 aliphatic rings. The van der Waals surface area contributed by atoms with E-state index >= 15 is 0 Å². The van der Waals surface area contributed by atoms with E-state index in [1.165, 1.54) is 5.56 Å². The number of nitrogens with one attached hydrogen (secondary N) is 1. The van der Waals surface area contributed by atoms with E-state index < -0.39 is 0 Å². The number of carbonyl (C=O) groups is 1. The third-order valence-electron chi connectivity index (χ3n) is 5.69. The Hall–Kier alpha value is -2.32. The van der Waals surface area contributed by atoms with E-state index in [2.05, 4.69) is 65.7 Å².